The standard InChI is InChI=1S/C10H16O5/c1-2-5-6(4-9(12)13)7(10(14)15)3-8(5)11/h5-8,11H,2-4H2,1H3,(H,12,13)(H,14,15)/t5?,6-,7?,8?/m1/s1. The van der Waals surface area contributed by atoms with Gasteiger partial charge in [-0.25, -0.2) is 0 Å². The molecule has 15 heavy (non-hydrogen) atoms. The largest absolute Gasteiger partial charge is 0.481 e. The zero-order chi connectivity index (χ0) is 11.6. The molecule has 0 aromatic carbocycles. The lowest BCUT2D eigenvalue weighted by Crippen LogP contribution is -2.25. The summed E-state index contributed by atoms with van der Waals surface area (Å²) in [4.78, 5) is 21.5. The number of aliphatic hydroxyl groups excluding tert-OH is 1. The molecular formula is C10H16O5. The first-order chi connectivity index (χ1) is 6.97. The highest BCUT2D eigenvalue weighted by Gasteiger charge is 2.45. The minimum absolute atomic E-state index is 0.172. The lowest BCUT2D eigenvalue weighted by molar-refractivity contribution is -0.145. The first-order valence-corrected chi connectivity index (χ1v) is 5.10. The highest BCUT2D eigenvalue weighted by molar-refractivity contribution is 5.73. The molecule has 3 unspecified atom stereocenters. The number of aliphatic hydroxyl groups is 1. The van der Waals surface area contributed by atoms with Gasteiger partial charge in [-0.05, 0) is 18.3 Å². The van der Waals surface area contributed by atoms with Gasteiger partial charge in [0.05, 0.1) is 12.0 Å². The van der Waals surface area contributed by atoms with Crippen LogP contribution < -0.4 is 0 Å². The number of carboxylic acids is 2. The quantitative estimate of drug-likeness (QED) is 0.638. The fraction of sp³-hybridized carbons (Fsp3) is 0.800. The molecule has 0 aliphatic heterocycles. The Bertz CT molecular complexity index is 263. The predicted molar refractivity (Wildman–Crippen MR) is 51.3 cm³/mol. The van der Waals surface area contributed by atoms with Gasteiger partial charge in [0.15, 0.2) is 0 Å². The molecule has 1 aliphatic rings. The number of carbonyl (C=O) groups is 2. The van der Waals surface area contributed by atoms with Crippen molar-refractivity contribution in [2.45, 2.75) is 32.3 Å². The Morgan fingerprint density at radius 1 is 1.27 bits per heavy atom. The van der Waals surface area contributed by atoms with E-state index >= 15 is 0 Å². The van der Waals surface area contributed by atoms with Gasteiger partial charge in [0, 0.05) is 6.42 Å². The molecule has 0 aromatic rings. The third-order valence-corrected chi connectivity index (χ3v) is 3.26. The van der Waals surface area contributed by atoms with Gasteiger partial charge in [-0.2, -0.15) is 0 Å². The molecule has 1 rings (SSSR count). The summed E-state index contributed by atoms with van der Waals surface area (Å²) in [5.41, 5.74) is 0. The third kappa shape index (κ3) is 2.47. The maximum absolute atomic E-state index is 10.9. The van der Waals surface area contributed by atoms with Crippen LogP contribution in [0.15, 0.2) is 0 Å². The zero-order valence-corrected chi connectivity index (χ0v) is 8.59. The van der Waals surface area contributed by atoms with Crippen LogP contribution in [-0.2, 0) is 9.59 Å². The van der Waals surface area contributed by atoms with Crippen LogP contribution >= 0.6 is 0 Å². The lowest BCUT2D eigenvalue weighted by Gasteiger charge is -2.20. The molecule has 5 nitrogen and oxygen atoms in total. The van der Waals surface area contributed by atoms with Crippen molar-refractivity contribution in [3.8, 4) is 0 Å². The van der Waals surface area contributed by atoms with Gasteiger partial charge in [-0.15, -0.1) is 0 Å². The second kappa shape index (κ2) is 4.61. The molecule has 5 heteroatoms. The number of hydrogen-bond donors (Lipinski definition) is 3. The van der Waals surface area contributed by atoms with E-state index in [0.717, 1.165) is 0 Å². The molecule has 1 aliphatic carbocycles. The minimum atomic E-state index is -1.00. The monoisotopic (exact) mass is 216 g/mol. The van der Waals surface area contributed by atoms with Crippen LogP contribution in [0.1, 0.15) is 26.2 Å². The second-order valence-electron chi connectivity index (χ2n) is 4.08. The second-order valence-corrected chi connectivity index (χ2v) is 4.08. The molecule has 0 spiro atoms. The summed E-state index contributed by atoms with van der Waals surface area (Å²) in [6.45, 7) is 1.84. The maximum Gasteiger partial charge on any atom is 0.306 e. The normalized spacial score (nSPS) is 35.3. The summed E-state index contributed by atoms with van der Waals surface area (Å²) in [6, 6.07) is 0. The van der Waals surface area contributed by atoms with Crippen molar-refractivity contribution in [2.75, 3.05) is 0 Å². The molecule has 0 bridgehead atoms. The average molecular weight is 216 g/mol. The summed E-state index contributed by atoms with van der Waals surface area (Å²) < 4.78 is 0. The smallest absolute Gasteiger partial charge is 0.306 e. The van der Waals surface area contributed by atoms with Gasteiger partial charge in [-0.3, -0.25) is 9.59 Å². The Hall–Kier alpha value is -1.10. The Kier molecular flexibility index (Phi) is 3.68. The molecule has 4 atom stereocenters. The third-order valence-electron chi connectivity index (χ3n) is 3.26. The SMILES string of the molecule is CCC1C(O)CC(C(=O)O)[C@@H]1CC(=O)O. The first-order valence-electron chi connectivity index (χ1n) is 5.10. The van der Waals surface area contributed by atoms with E-state index in [1.165, 1.54) is 0 Å². The van der Waals surface area contributed by atoms with E-state index in [9.17, 15) is 14.7 Å². The molecule has 0 radical (unpaired) electrons. The molecule has 3 N–H and O–H groups in total. The van der Waals surface area contributed by atoms with Crippen molar-refractivity contribution < 1.29 is 24.9 Å². The van der Waals surface area contributed by atoms with E-state index in [4.69, 9.17) is 10.2 Å². The molecular weight excluding hydrogens is 200 g/mol. The lowest BCUT2D eigenvalue weighted by atomic mass is 9.85. The Morgan fingerprint density at radius 3 is 2.27 bits per heavy atom. The first kappa shape index (κ1) is 12.0. The predicted octanol–water partition coefficient (Wildman–Crippen LogP) is 0.569. The van der Waals surface area contributed by atoms with E-state index in [0.29, 0.717) is 6.42 Å². The van der Waals surface area contributed by atoms with Crippen molar-refractivity contribution in [1.29, 1.82) is 0 Å². The Morgan fingerprint density at radius 2 is 1.87 bits per heavy atom. The van der Waals surface area contributed by atoms with Gasteiger partial charge in [0.2, 0.25) is 0 Å². The molecule has 0 amide bonds. The summed E-state index contributed by atoms with van der Waals surface area (Å²) in [7, 11) is 0. The Balaban J connectivity index is 2.81. The summed E-state index contributed by atoms with van der Waals surface area (Å²) >= 11 is 0. The number of hydrogen-bond acceptors (Lipinski definition) is 3. The maximum atomic E-state index is 10.9. The van der Waals surface area contributed by atoms with E-state index in [1.807, 2.05) is 6.92 Å². The van der Waals surface area contributed by atoms with E-state index < -0.39 is 29.9 Å². The number of aliphatic carboxylic acids is 2. The molecule has 86 valence electrons. The van der Waals surface area contributed by atoms with Crippen LogP contribution in [0.2, 0.25) is 0 Å². The summed E-state index contributed by atoms with van der Waals surface area (Å²) in [5.74, 6) is -3.38. The molecule has 0 saturated heterocycles. The van der Waals surface area contributed by atoms with E-state index in [1.54, 1.807) is 0 Å². The molecule has 0 aromatic heterocycles. The van der Waals surface area contributed by atoms with Crippen molar-refractivity contribution in [3.63, 3.8) is 0 Å². The molecule has 0 heterocycles. The van der Waals surface area contributed by atoms with Crippen LogP contribution in [0.25, 0.3) is 0 Å². The zero-order valence-electron chi connectivity index (χ0n) is 8.59. The molecule has 1 fully saturated rings. The van der Waals surface area contributed by atoms with Crippen LogP contribution in [0, 0.1) is 17.8 Å². The van der Waals surface area contributed by atoms with Gasteiger partial charge in [-0.1, -0.05) is 13.3 Å². The van der Waals surface area contributed by atoms with Crippen molar-refractivity contribution in [2.24, 2.45) is 17.8 Å². The van der Waals surface area contributed by atoms with Crippen LogP contribution in [-0.4, -0.2) is 33.4 Å². The highest BCUT2D eigenvalue weighted by Crippen LogP contribution is 2.41. The molecule has 1 saturated carbocycles. The Labute approximate surface area is 87.7 Å². The van der Waals surface area contributed by atoms with Gasteiger partial charge < -0.3 is 15.3 Å². The minimum Gasteiger partial charge on any atom is -0.481 e. The van der Waals surface area contributed by atoms with Crippen LogP contribution in [0.3, 0.4) is 0 Å². The average Bonchev–Trinajstić information content (AvgIpc) is 2.41. The fourth-order valence-electron chi connectivity index (χ4n) is 2.55. The summed E-state index contributed by atoms with van der Waals surface area (Å²) in [5, 5.41) is 27.3. The topological polar surface area (TPSA) is 94.8 Å². The van der Waals surface area contributed by atoms with Crippen molar-refractivity contribution in [3.05, 3.63) is 0 Å². The van der Waals surface area contributed by atoms with E-state index in [2.05, 4.69) is 0 Å². The van der Waals surface area contributed by atoms with Crippen LogP contribution in [0.4, 0.5) is 0 Å². The van der Waals surface area contributed by atoms with Gasteiger partial charge in [0.1, 0.15) is 0 Å². The van der Waals surface area contributed by atoms with Gasteiger partial charge in [0.25, 0.3) is 0 Å². The summed E-state index contributed by atoms with van der Waals surface area (Å²) in [6.07, 6.45) is -0.0678. The van der Waals surface area contributed by atoms with Crippen molar-refractivity contribution in [1.82, 2.24) is 0 Å². The fourth-order valence-corrected chi connectivity index (χ4v) is 2.55. The number of carboxylic acid groups (broad SMARTS) is 2. The number of rotatable bonds is 4. The van der Waals surface area contributed by atoms with E-state index in [-0.39, 0.29) is 18.8 Å². The van der Waals surface area contributed by atoms with Crippen LogP contribution in [0.5, 0.6) is 0 Å². The van der Waals surface area contributed by atoms with Crippen molar-refractivity contribution >= 4 is 11.9 Å². The highest BCUT2D eigenvalue weighted by atomic mass is 16.4. The van der Waals surface area contributed by atoms with Gasteiger partial charge >= 0.3 is 11.9 Å².